The number of benzene rings is 1. The monoisotopic (exact) mass is 194 g/mol. The van der Waals surface area contributed by atoms with Crippen LogP contribution in [0.4, 0.5) is 0 Å². The molecule has 13 heavy (non-hydrogen) atoms. The summed E-state index contributed by atoms with van der Waals surface area (Å²) in [6.45, 7) is 1.83. The van der Waals surface area contributed by atoms with E-state index in [4.69, 9.17) is 11.6 Å². The summed E-state index contributed by atoms with van der Waals surface area (Å²) in [6.07, 6.45) is 0. The second-order valence-corrected chi connectivity index (χ2v) is 3.12. The zero-order valence-electron chi connectivity index (χ0n) is 6.95. The third-order valence-electron chi connectivity index (χ3n) is 1.84. The predicted octanol–water partition coefficient (Wildman–Crippen LogP) is 2.30. The van der Waals surface area contributed by atoms with Crippen LogP contribution >= 0.6 is 11.6 Å². The average Bonchev–Trinajstić information content (AvgIpc) is 2.06. The number of aromatic nitrogens is 2. The maximum atomic E-state index is 9.24. The van der Waals surface area contributed by atoms with Gasteiger partial charge >= 0.3 is 0 Å². The highest BCUT2D eigenvalue weighted by atomic mass is 35.5. The van der Waals surface area contributed by atoms with Crippen molar-refractivity contribution in [1.82, 2.24) is 9.97 Å². The second-order valence-electron chi connectivity index (χ2n) is 2.78. The number of phenols is 1. The Morgan fingerprint density at radius 2 is 2.08 bits per heavy atom. The Hall–Kier alpha value is -1.35. The first-order chi connectivity index (χ1) is 6.16. The third-order valence-corrected chi connectivity index (χ3v) is 2.01. The van der Waals surface area contributed by atoms with Crippen LogP contribution in [0.15, 0.2) is 18.2 Å². The van der Waals surface area contributed by atoms with Gasteiger partial charge in [0.2, 0.25) is 5.28 Å². The van der Waals surface area contributed by atoms with E-state index in [-0.39, 0.29) is 11.0 Å². The van der Waals surface area contributed by atoms with Crippen molar-refractivity contribution < 1.29 is 5.11 Å². The van der Waals surface area contributed by atoms with Gasteiger partial charge in [-0.15, -0.1) is 0 Å². The zero-order valence-corrected chi connectivity index (χ0v) is 7.71. The summed E-state index contributed by atoms with van der Waals surface area (Å²) >= 11 is 5.68. The van der Waals surface area contributed by atoms with Crippen LogP contribution in [0, 0.1) is 6.92 Å². The van der Waals surface area contributed by atoms with Gasteiger partial charge in [0.25, 0.3) is 0 Å². The van der Waals surface area contributed by atoms with Crippen molar-refractivity contribution in [2.24, 2.45) is 0 Å². The van der Waals surface area contributed by atoms with Gasteiger partial charge in [-0.05, 0) is 36.7 Å². The van der Waals surface area contributed by atoms with Crippen molar-refractivity contribution in [1.29, 1.82) is 0 Å². The van der Waals surface area contributed by atoms with Gasteiger partial charge in [-0.1, -0.05) is 0 Å². The van der Waals surface area contributed by atoms with Gasteiger partial charge in [0.1, 0.15) is 5.75 Å². The van der Waals surface area contributed by atoms with Crippen LogP contribution in [0.2, 0.25) is 5.28 Å². The van der Waals surface area contributed by atoms with Crippen molar-refractivity contribution in [3.8, 4) is 5.75 Å². The molecule has 1 aromatic carbocycles. The molecule has 2 rings (SSSR count). The lowest BCUT2D eigenvalue weighted by molar-refractivity contribution is 0.476. The normalized spacial score (nSPS) is 10.6. The molecule has 3 nitrogen and oxygen atoms in total. The number of halogens is 1. The zero-order chi connectivity index (χ0) is 9.42. The van der Waals surface area contributed by atoms with E-state index in [0.29, 0.717) is 0 Å². The standard InChI is InChI=1S/C9H7ClN2O/c1-5-7-4-6(13)2-3-8(7)12-9(10)11-5/h2-4,13H,1H3. The van der Waals surface area contributed by atoms with Gasteiger partial charge in [-0.3, -0.25) is 0 Å². The minimum absolute atomic E-state index is 0.210. The van der Waals surface area contributed by atoms with E-state index < -0.39 is 0 Å². The molecule has 0 atom stereocenters. The highest BCUT2D eigenvalue weighted by molar-refractivity contribution is 6.28. The number of aromatic hydroxyl groups is 1. The molecule has 1 heterocycles. The van der Waals surface area contributed by atoms with E-state index in [1.54, 1.807) is 18.2 Å². The number of hydrogen-bond acceptors (Lipinski definition) is 3. The van der Waals surface area contributed by atoms with Gasteiger partial charge in [0.05, 0.1) is 11.2 Å². The largest absolute Gasteiger partial charge is 0.508 e. The number of hydrogen-bond donors (Lipinski definition) is 1. The number of fused-ring (bicyclic) bond motifs is 1. The quantitative estimate of drug-likeness (QED) is 0.655. The van der Waals surface area contributed by atoms with Crippen LogP contribution in [0.3, 0.4) is 0 Å². The summed E-state index contributed by atoms with van der Waals surface area (Å²) < 4.78 is 0. The van der Waals surface area contributed by atoms with Crippen LogP contribution in [-0.2, 0) is 0 Å². The first-order valence-electron chi connectivity index (χ1n) is 3.80. The van der Waals surface area contributed by atoms with Gasteiger partial charge in [0, 0.05) is 5.39 Å². The maximum Gasteiger partial charge on any atom is 0.223 e. The van der Waals surface area contributed by atoms with E-state index in [1.165, 1.54) is 0 Å². The topological polar surface area (TPSA) is 46.0 Å². The average molecular weight is 195 g/mol. The molecule has 0 radical (unpaired) electrons. The van der Waals surface area contributed by atoms with Gasteiger partial charge in [-0.25, -0.2) is 9.97 Å². The molecular weight excluding hydrogens is 188 g/mol. The first-order valence-corrected chi connectivity index (χ1v) is 4.17. The first kappa shape index (κ1) is 8.26. The maximum absolute atomic E-state index is 9.24. The molecule has 0 aliphatic carbocycles. The Morgan fingerprint density at radius 3 is 2.85 bits per heavy atom. The Bertz CT molecular complexity index is 470. The van der Waals surface area contributed by atoms with Crippen molar-refractivity contribution >= 4 is 22.5 Å². The molecule has 0 bridgehead atoms. The number of rotatable bonds is 0. The fraction of sp³-hybridized carbons (Fsp3) is 0.111. The number of phenolic OH excluding ortho intramolecular Hbond substituents is 1. The third kappa shape index (κ3) is 1.42. The van der Waals surface area contributed by atoms with Crippen molar-refractivity contribution in [2.45, 2.75) is 6.92 Å². The number of aryl methyl sites for hydroxylation is 1. The molecule has 0 aliphatic heterocycles. The Kier molecular flexibility index (Phi) is 1.81. The summed E-state index contributed by atoms with van der Waals surface area (Å²) in [5, 5.41) is 10.3. The fourth-order valence-electron chi connectivity index (χ4n) is 1.23. The van der Waals surface area contributed by atoms with E-state index in [1.807, 2.05) is 6.92 Å². The molecule has 1 aromatic heterocycles. The van der Waals surface area contributed by atoms with Crippen LogP contribution in [-0.4, -0.2) is 15.1 Å². The lowest BCUT2D eigenvalue weighted by Gasteiger charge is -2.01. The Morgan fingerprint density at radius 1 is 1.31 bits per heavy atom. The molecule has 0 fully saturated rings. The lowest BCUT2D eigenvalue weighted by atomic mass is 10.2. The molecule has 0 saturated carbocycles. The van der Waals surface area contributed by atoms with Crippen LogP contribution in [0.5, 0.6) is 5.75 Å². The smallest absolute Gasteiger partial charge is 0.223 e. The molecule has 0 saturated heterocycles. The molecule has 0 aliphatic rings. The van der Waals surface area contributed by atoms with Gasteiger partial charge < -0.3 is 5.11 Å². The van der Waals surface area contributed by atoms with Gasteiger partial charge in [0.15, 0.2) is 0 Å². The molecule has 2 aromatic rings. The van der Waals surface area contributed by atoms with E-state index in [0.717, 1.165) is 16.6 Å². The predicted molar refractivity (Wildman–Crippen MR) is 50.9 cm³/mol. The van der Waals surface area contributed by atoms with E-state index >= 15 is 0 Å². The minimum atomic E-state index is 0.210. The summed E-state index contributed by atoms with van der Waals surface area (Å²) in [6, 6.07) is 4.91. The summed E-state index contributed by atoms with van der Waals surface area (Å²) in [7, 11) is 0. The molecule has 66 valence electrons. The minimum Gasteiger partial charge on any atom is -0.508 e. The van der Waals surface area contributed by atoms with Crippen LogP contribution in [0.1, 0.15) is 5.69 Å². The summed E-state index contributed by atoms with van der Waals surface area (Å²) in [4.78, 5) is 8.01. The van der Waals surface area contributed by atoms with Crippen molar-refractivity contribution in [3.63, 3.8) is 0 Å². The number of nitrogens with zero attached hydrogens (tertiary/aromatic N) is 2. The highest BCUT2D eigenvalue weighted by Gasteiger charge is 2.02. The molecule has 0 unspecified atom stereocenters. The Labute approximate surface area is 80.0 Å². The molecule has 1 N–H and O–H groups in total. The fourth-order valence-corrected chi connectivity index (χ4v) is 1.45. The lowest BCUT2D eigenvalue weighted by Crippen LogP contribution is -1.89. The molecular formula is C9H7ClN2O. The van der Waals surface area contributed by atoms with Crippen molar-refractivity contribution in [2.75, 3.05) is 0 Å². The summed E-state index contributed by atoms with van der Waals surface area (Å²) in [5.74, 6) is 0.210. The second kappa shape index (κ2) is 2.85. The van der Waals surface area contributed by atoms with Gasteiger partial charge in [-0.2, -0.15) is 0 Å². The van der Waals surface area contributed by atoms with E-state index in [2.05, 4.69) is 9.97 Å². The van der Waals surface area contributed by atoms with Crippen molar-refractivity contribution in [3.05, 3.63) is 29.2 Å². The SMILES string of the molecule is Cc1nc(Cl)nc2ccc(O)cc12. The molecule has 4 heteroatoms. The molecule has 0 amide bonds. The van der Waals surface area contributed by atoms with Crippen LogP contribution < -0.4 is 0 Å². The van der Waals surface area contributed by atoms with E-state index in [9.17, 15) is 5.11 Å². The highest BCUT2D eigenvalue weighted by Crippen LogP contribution is 2.21. The Balaban J connectivity index is 2.87. The summed E-state index contributed by atoms with van der Waals surface area (Å²) in [5.41, 5.74) is 1.52. The molecule has 0 spiro atoms. The van der Waals surface area contributed by atoms with Crippen LogP contribution in [0.25, 0.3) is 10.9 Å².